The number of nitrogens with one attached hydrogen (secondary N) is 2. The molecule has 3 N–H and O–H groups in total. The van der Waals surface area contributed by atoms with Crippen LogP contribution in [0.25, 0.3) is 10.9 Å². The lowest BCUT2D eigenvalue weighted by Crippen LogP contribution is -2.39. The van der Waals surface area contributed by atoms with E-state index in [1.54, 1.807) is 12.4 Å². The number of anilines is 1. The number of fused-ring (bicyclic) bond motifs is 3. The number of amides is 1. The van der Waals surface area contributed by atoms with Crippen molar-refractivity contribution in [3.05, 3.63) is 88.8 Å². The quantitative estimate of drug-likeness (QED) is 0.337. The molecule has 1 atom stereocenters. The second-order valence-electron chi connectivity index (χ2n) is 7.92. The van der Waals surface area contributed by atoms with Gasteiger partial charge in [-0.05, 0) is 60.0 Å². The second-order valence-corrected chi connectivity index (χ2v) is 8.35. The van der Waals surface area contributed by atoms with E-state index >= 15 is 0 Å². The molecule has 8 heteroatoms. The molecule has 0 aliphatic carbocycles. The molecular formula is C25H23ClN4O3. The van der Waals surface area contributed by atoms with Gasteiger partial charge in [0.1, 0.15) is 18.4 Å². The Balaban J connectivity index is 1.35. The smallest absolute Gasteiger partial charge is 0.408 e. The average molecular weight is 463 g/mol. The van der Waals surface area contributed by atoms with Gasteiger partial charge >= 0.3 is 6.09 Å². The highest BCUT2D eigenvalue weighted by molar-refractivity contribution is 6.31. The summed E-state index contributed by atoms with van der Waals surface area (Å²) in [5.74, 6) is 0.733. The Kier molecular flexibility index (Phi) is 5.79. The topological polar surface area (TPSA) is 90.5 Å². The minimum atomic E-state index is -0.940. The number of halogens is 1. The van der Waals surface area contributed by atoms with E-state index in [9.17, 15) is 9.90 Å². The molecule has 3 heterocycles. The first-order chi connectivity index (χ1) is 16.1. The summed E-state index contributed by atoms with van der Waals surface area (Å²) in [5, 5.41) is 14.9. The molecule has 0 fully saturated rings. The molecule has 33 heavy (non-hydrogen) atoms. The molecule has 5 rings (SSSR count). The van der Waals surface area contributed by atoms with E-state index in [4.69, 9.17) is 16.3 Å². The summed E-state index contributed by atoms with van der Waals surface area (Å²) in [6.45, 7) is 1.58. The van der Waals surface area contributed by atoms with Crippen LogP contribution in [0.3, 0.4) is 0 Å². The van der Waals surface area contributed by atoms with Gasteiger partial charge in [-0.2, -0.15) is 0 Å². The van der Waals surface area contributed by atoms with Crippen LogP contribution in [0.5, 0.6) is 5.75 Å². The Labute approximate surface area is 196 Å². The average Bonchev–Trinajstić information content (AvgIpc) is 3.20. The number of carboxylic acid groups (broad SMARTS) is 1. The maximum absolute atomic E-state index is 12.0. The van der Waals surface area contributed by atoms with Crippen molar-refractivity contribution in [3.63, 3.8) is 0 Å². The van der Waals surface area contributed by atoms with Crippen molar-refractivity contribution in [2.75, 3.05) is 25.0 Å². The lowest BCUT2D eigenvalue weighted by atomic mass is 9.92. The van der Waals surface area contributed by atoms with Gasteiger partial charge in [0.2, 0.25) is 0 Å². The molecule has 0 spiro atoms. The number of hydrogen-bond donors (Lipinski definition) is 3. The largest absolute Gasteiger partial charge is 0.492 e. The molecule has 2 aromatic carbocycles. The second kappa shape index (κ2) is 9.03. The summed E-state index contributed by atoms with van der Waals surface area (Å²) in [6.07, 6.45) is 3.18. The van der Waals surface area contributed by atoms with Gasteiger partial charge in [-0.15, -0.1) is 0 Å². The van der Waals surface area contributed by atoms with Crippen molar-refractivity contribution < 1.29 is 14.6 Å². The number of pyridine rings is 1. The minimum absolute atomic E-state index is 0.417. The van der Waals surface area contributed by atoms with Crippen molar-refractivity contribution in [2.24, 2.45) is 0 Å². The molecule has 2 aromatic heterocycles. The Hall–Kier alpha value is -3.71. The highest BCUT2D eigenvalue weighted by Gasteiger charge is 2.34. The van der Waals surface area contributed by atoms with Gasteiger partial charge < -0.3 is 20.1 Å². The number of aromatic nitrogens is 2. The van der Waals surface area contributed by atoms with Gasteiger partial charge in [0.05, 0.1) is 0 Å². The predicted octanol–water partition coefficient (Wildman–Crippen LogP) is 5.33. The fourth-order valence-electron chi connectivity index (χ4n) is 4.39. The number of hydrogen-bond acceptors (Lipinski definition) is 4. The standard InChI is InChI=1S/C25H23ClN4O3/c26-17-3-6-22-21(15-17)20-9-13-30(25(31)32)24(23(20)29-22)16-1-4-19(5-2-16)33-14-12-28-18-7-10-27-11-8-18/h1-8,10-11,15,24,29H,9,12-14H2,(H,27,28)(H,31,32). The van der Waals surface area contributed by atoms with Crippen molar-refractivity contribution in [1.29, 1.82) is 0 Å². The summed E-state index contributed by atoms with van der Waals surface area (Å²) in [5.41, 5.74) is 4.86. The fraction of sp³-hybridized carbons (Fsp3) is 0.200. The zero-order chi connectivity index (χ0) is 22.8. The van der Waals surface area contributed by atoms with E-state index in [1.165, 1.54) is 4.90 Å². The van der Waals surface area contributed by atoms with Crippen LogP contribution in [0.4, 0.5) is 10.5 Å². The number of carbonyl (C=O) groups is 1. The number of ether oxygens (including phenoxy) is 1. The summed E-state index contributed by atoms with van der Waals surface area (Å²) >= 11 is 6.22. The van der Waals surface area contributed by atoms with Gasteiger partial charge in [0, 0.05) is 52.8 Å². The Morgan fingerprint density at radius 2 is 1.97 bits per heavy atom. The molecule has 1 amide bonds. The van der Waals surface area contributed by atoms with Crippen LogP contribution >= 0.6 is 11.6 Å². The summed E-state index contributed by atoms with van der Waals surface area (Å²) in [4.78, 5) is 20.9. The molecule has 0 saturated heterocycles. The lowest BCUT2D eigenvalue weighted by molar-refractivity contribution is 0.128. The molecule has 0 bridgehead atoms. The maximum atomic E-state index is 12.0. The maximum Gasteiger partial charge on any atom is 0.408 e. The zero-order valence-corrected chi connectivity index (χ0v) is 18.5. The van der Waals surface area contributed by atoms with Crippen LogP contribution in [0.2, 0.25) is 5.02 Å². The van der Waals surface area contributed by atoms with Crippen LogP contribution in [0, 0.1) is 0 Å². The minimum Gasteiger partial charge on any atom is -0.492 e. The van der Waals surface area contributed by atoms with E-state index in [1.807, 2.05) is 54.6 Å². The normalized spacial score (nSPS) is 15.3. The van der Waals surface area contributed by atoms with Gasteiger partial charge in [-0.25, -0.2) is 4.79 Å². The molecule has 0 saturated carbocycles. The highest BCUT2D eigenvalue weighted by Crippen LogP contribution is 2.39. The van der Waals surface area contributed by atoms with Gasteiger partial charge in [0.25, 0.3) is 0 Å². The number of H-pyrrole nitrogens is 1. The highest BCUT2D eigenvalue weighted by atomic mass is 35.5. The van der Waals surface area contributed by atoms with E-state index < -0.39 is 12.1 Å². The first kappa shape index (κ1) is 21.2. The third-order valence-corrected chi connectivity index (χ3v) is 6.15. The van der Waals surface area contributed by atoms with E-state index in [-0.39, 0.29) is 0 Å². The lowest BCUT2D eigenvalue weighted by Gasteiger charge is -2.34. The molecule has 1 unspecified atom stereocenters. The van der Waals surface area contributed by atoms with Gasteiger partial charge in [-0.1, -0.05) is 23.7 Å². The molecule has 4 aromatic rings. The Morgan fingerprint density at radius 1 is 1.18 bits per heavy atom. The molecule has 1 aliphatic heterocycles. The molecule has 168 valence electrons. The number of rotatable bonds is 6. The third-order valence-electron chi connectivity index (χ3n) is 5.91. The zero-order valence-electron chi connectivity index (χ0n) is 17.8. The number of nitrogens with zero attached hydrogens (tertiary/aromatic N) is 2. The van der Waals surface area contributed by atoms with E-state index in [0.29, 0.717) is 31.1 Å². The summed E-state index contributed by atoms with van der Waals surface area (Å²) in [7, 11) is 0. The summed E-state index contributed by atoms with van der Waals surface area (Å²) in [6, 6.07) is 16.7. The number of benzene rings is 2. The monoisotopic (exact) mass is 462 g/mol. The van der Waals surface area contributed by atoms with E-state index in [2.05, 4.69) is 15.3 Å². The molecule has 7 nitrogen and oxygen atoms in total. The van der Waals surface area contributed by atoms with Crippen LogP contribution in [-0.2, 0) is 6.42 Å². The fourth-order valence-corrected chi connectivity index (χ4v) is 4.57. The van der Waals surface area contributed by atoms with E-state index in [0.717, 1.165) is 39.2 Å². The van der Waals surface area contributed by atoms with Crippen molar-refractivity contribution >= 4 is 34.3 Å². The molecular weight excluding hydrogens is 440 g/mol. The first-order valence-corrected chi connectivity index (χ1v) is 11.1. The van der Waals surface area contributed by atoms with Gasteiger partial charge in [-0.3, -0.25) is 9.88 Å². The third kappa shape index (κ3) is 4.32. The van der Waals surface area contributed by atoms with Crippen molar-refractivity contribution in [1.82, 2.24) is 14.9 Å². The molecule has 0 radical (unpaired) electrons. The van der Waals surface area contributed by atoms with Crippen LogP contribution in [0.1, 0.15) is 22.9 Å². The summed E-state index contributed by atoms with van der Waals surface area (Å²) < 4.78 is 5.84. The number of aromatic amines is 1. The SMILES string of the molecule is O=C(O)N1CCc2c([nH]c3ccc(Cl)cc23)C1c1ccc(OCCNc2ccncc2)cc1. The van der Waals surface area contributed by atoms with Crippen molar-refractivity contribution in [3.8, 4) is 5.75 Å². The first-order valence-electron chi connectivity index (χ1n) is 10.8. The van der Waals surface area contributed by atoms with Crippen LogP contribution in [0.15, 0.2) is 67.0 Å². The van der Waals surface area contributed by atoms with Crippen molar-refractivity contribution in [2.45, 2.75) is 12.5 Å². The van der Waals surface area contributed by atoms with Crippen LogP contribution < -0.4 is 10.1 Å². The Bertz CT molecular complexity index is 1270. The Morgan fingerprint density at radius 3 is 2.73 bits per heavy atom. The van der Waals surface area contributed by atoms with Crippen LogP contribution in [-0.4, -0.2) is 45.8 Å². The molecule has 1 aliphatic rings. The predicted molar refractivity (Wildman–Crippen MR) is 128 cm³/mol. The van der Waals surface area contributed by atoms with Gasteiger partial charge in [0.15, 0.2) is 0 Å².